The average Bonchev–Trinajstić information content (AvgIpc) is 2.16. The standard InChI is InChI=1S/C10H15F5O2/c1-7(16,10(13,14)15)9(11,12)8(17)5-3-2-4-6-8/h16-17H,2-6H2,1H3. The predicted octanol–water partition coefficient (Wildman–Crippen LogP) is 2.63. The summed E-state index contributed by atoms with van der Waals surface area (Å²) in [5, 5.41) is 18.7. The highest BCUT2D eigenvalue weighted by molar-refractivity contribution is 5.08. The smallest absolute Gasteiger partial charge is 0.383 e. The third-order valence-corrected chi connectivity index (χ3v) is 3.43. The van der Waals surface area contributed by atoms with E-state index in [0.29, 0.717) is 6.42 Å². The van der Waals surface area contributed by atoms with Gasteiger partial charge in [-0.15, -0.1) is 0 Å². The summed E-state index contributed by atoms with van der Waals surface area (Å²) < 4.78 is 64.7. The normalized spacial score (nSPS) is 25.4. The van der Waals surface area contributed by atoms with E-state index in [-0.39, 0.29) is 19.8 Å². The van der Waals surface area contributed by atoms with Crippen molar-refractivity contribution in [2.45, 2.75) is 62.3 Å². The zero-order valence-electron chi connectivity index (χ0n) is 9.32. The third-order valence-electron chi connectivity index (χ3n) is 3.43. The van der Waals surface area contributed by atoms with Crippen LogP contribution in [-0.2, 0) is 0 Å². The lowest BCUT2D eigenvalue weighted by molar-refractivity contribution is -0.364. The summed E-state index contributed by atoms with van der Waals surface area (Å²) in [5.41, 5.74) is -7.02. The van der Waals surface area contributed by atoms with Gasteiger partial charge >= 0.3 is 12.1 Å². The molecule has 1 unspecified atom stereocenters. The molecule has 1 rings (SSSR count). The molecule has 0 bridgehead atoms. The predicted molar refractivity (Wildman–Crippen MR) is 49.7 cm³/mol. The van der Waals surface area contributed by atoms with Crippen LogP contribution in [0.2, 0.25) is 0 Å². The first-order valence-electron chi connectivity index (χ1n) is 5.35. The highest BCUT2D eigenvalue weighted by Gasteiger charge is 2.73. The Balaban J connectivity index is 3.08. The third kappa shape index (κ3) is 2.14. The quantitative estimate of drug-likeness (QED) is 0.751. The molecule has 0 radical (unpaired) electrons. The van der Waals surface area contributed by atoms with Crippen molar-refractivity contribution in [3.8, 4) is 0 Å². The fraction of sp³-hybridized carbons (Fsp3) is 1.00. The lowest BCUT2D eigenvalue weighted by Gasteiger charge is -2.45. The van der Waals surface area contributed by atoms with E-state index >= 15 is 0 Å². The average molecular weight is 262 g/mol. The van der Waals surface area contributed by atoms with Crippen LogP contribution in [0.5, 0.6) is 0 Å². The molecular weight excluding hydrogens is 247 g/mol. The Bertz CT molecular complexity index is 279. The van der Waals surface area contributed by atoms with Crippen molar-refractivity contribution < 1.29 is 32.2 Å². The summed E-state index contributed by atoms with van der Waals surface area (Å²) in [4.78, 5) is 0. The van der Waals surface area contributed by atoms with Crippen molar-refractivity contribution in [1.82, 2.24) is 0 Å². The minimum atomic E-state index is -5.50. The van der Waals surface area contributed by atoms with Gasteiger partial charge in [-0.05, 0) is 19.8 Å². The van der Waals surface area contributed by atoms with Crippen LogP contribution in [0, 0.1) is 0 Å². The molecule has 1 saturated carbocycles. The molecule has 0 aromatic heterocycles. The monoisotopic (exact) mass is 262 g/mol. The van der Waals surface area contributed by atoms with Gasteiger partial charge in [0.2, 0.25) is 5.60 Å². The molecule has 17 heavy (non-hydrogen) atoms. The minimum Gasteiger partial charge on any atom is -0.383 e. The van der Waals surface area contributed by atoms with Gasteiger partial charge in [0.1, 0.15) is 5.60 Å². The number of hydrogen-bond donors (Lipinski definition) is 2. The van der Waals surface area contributed by atoms with Crippen LogP contribution in [0.4, 0.5) is 22.0 Å². The first-order chi connectivity index (χ1) is 7.46. The van der Waals surface area contributed by atoms with E-state index in [1.807, 2.05) is 0 Å². The first kappa shape index (κ1) is 14.6. The van der Waals surface area contributed by atoms with E-state index in [0.717, 1.165) is 0 Å². The molecule has 0 aromatic rings. The molecule has 0 aliphatic heterocycles. The Morgan fingerprint density at radius 3 is 1.71 bits per heavy atom. The number of hydrogen-bond acceptors (Lipinski definition) is 2. The van der Waals surface area contributed by atoms with Gasteiger partial charge in [-0.25, -0.2) is 0 Å². The molecule has 0 aromatic carbocycles. The molecule has 0 heterocycles. The molecule has 1 fully saturated rings. The topological polar surface area (TPSA) is 40.5 Å². The van der Waals surface area contributed by atoms with E-state index in [1.54, 1.807) is 0 Å². The Morgan fingerprint density at radius 2 is 1.35 bits per heavy atom. The van der Waals surface area contributed by atoms with E-state index in [1.165, 1.54) is 0 Å². The molecule has 0 saturated heterocycles. The van der Waals surface area contributed by atoms with Gasteiger partial charge in [0.15, 0.2) is 0 Å². The molecule has 7 heteroatoms. The van der Waals surface area contributed by atoms with Crippen molar-refractivity contribution in [2.24, 2.45) is 0 Å². The Hall–Kier alpha value is -0.430. The van der Waals surface area contributed by atoms with Crippen molar-refractivity contribution in [1.29, 1.82) is 0 Å². The van der Waals surface area contributed by atoms with E-state index in [4.69, 9.17) is 5.11 Å². The first-order valence-corrected chi connectivity index (χ1v) is 5.35. The van der Waals surface area contributed by atoms with Crippen LogP contribution in [-0.4, -0.2) is 33.5 Å². The second-order valence-corrected chi connectivity index (χ2v) is 4.74. The van der Waals surface area contributed by atoms with Crippen LogP contribution >= 0.6 is 0 Å². The molecule has 1 aliphatic rings. The van der Waals surface area contributed by atoms with E-state index < -0.39 is 36.1 Å². The fourth-order valence-electron chi connectivity index (χ4n) is 2.08. The summed E-state index contributed by atoms with van der Waals surface area (Å²) in [6.45, 7) is -0.000421. The van der Waals surface area contributed by atoms with E-state index in [9.17, 15) is 27.1 Å². The van der Waals surface area contributed by atoms with Crippen LogP contribution in [0.3, 0.4) is 0 Å². The van der Waals surface area contributed by atoms with Gasteiger partial charge < -0.3 is 10.2 Å². The zero-order valence-corrected chi connectivity index (χ0v) is 9.32. The molecule has 2 N–H and O–H groups in total. The van der Waals surface area contributed by atoms with Crippen molar-refractivity contribution >= 4 is 0 Å². The summed E-state index contributed by atoms with van der Waals surface area (Å²) in [6.07, 6.45) is -5.34. The number of halogens is 5. The van der Waals surface area contributed by atoms with Crippen molar-refractivity contribution in [2.75, 3.05) is 0 Å². The maximum absolute atomic E-state index is 13.7. The van der Waals surface area contributed by atoms with Crippen molar-refractivity contribution in [3.05, 3.63) is 0 Å². The largest absolute Gasteiger partial charge is 0.423 e. The van der Waals surface area contributed by atoms with Gasteiger partial charge in [-0.3, -0.25) is 0 Å². The molecule has 1 aliphatic carbocycles. The highest BCUT2D eigenvalue weighted by Crippen LogP contribution is 2.51. The molecule has 0 spiro atoms. The number of rotatable bonds is 2. The SMILES string of the molecule is CC(O)(C(F)(F)F)C(F)(F)C1(O)CCCCC1. The fourth-order valence-corrected chi connectivity index (χ4v) is 2.08. The van der Waals surface area contributed by atoms with Crippen LogP contribution < -0.4 is 0 Å². The van der Waals surface area contributed by atoms with Gasteiger partial charge in [0, 0.05) is 0 Å². The van der Waals surface area contributed by atoms with Gasteiger partial charge in [0.25, 0.3) is 0 Å². The second kappa shape index (κ2) is 4.05. The summed E-state index contributed by atoms with van der Waals surface area (Å²) in [5.74, 6) is -4.63. The Morgan fingerprint density at radius 1 is 0.941 bits per heavy atom. The lowest BCUT2D eigenvalue weighted by Crippen LogP contribution is -2.67. The van der Waals surface area contributed by atoms with E-state index in [2.05, 4.69) is 0 Å². The second-order valence-electron chi connectivity index (χ2n) is 4.74. The van der Waals surface area contributed by atoms with Gasteiger partial charge in [0.05, 0.1) is 0 Å². The molecule has 102 valence electrons. The summed E-state index contributed by atoms with van der Waals surface area (Å²) in [6, 6.07) is 0. The number of aliphatic hydroxyl groups is 2. The molecular formula is C10H15F5O2. The highest BCUT2D eigenvalue weighted by atomic mass is 19.4. The van der Waals surface area contributed by atoms with Crippen molar-refractivity contribution in [3.63, 3.8) is 0 Å². The van der Waals surface area contributed by atoms with Crippen LogP contribution in [0.1, 0.15) is 39.0 Å². The maximum Gasteiger partial charge on any atom is 0.423 e. The van der Waals surface area contributed by atoms with Crippen LogP contribution in [0.25, 0.3) is 0 Å². The summed E-state index contributed by atoms with van der Waals surface area (Å²) >= 11 is 0. The summed E-state index contributed by atoms with van der Waals surface area (Å²) in [7, 11) is 0. The Kier molecular flexibility index (Phi) is 3.48. The van der Waals surface area contributed by atoms with Gasteiger partial charge in [-0.2, -0.15) is 22.0 Å². The maximum atomic E-state index is 13.7. The molecule has 0 amide bonds. The number of alkyl halides is 5. The molecule has 2 nitrogen and oxygen atoms in total. The van der Waals surface area contributed by atoms with Gasteiger partial charge in [-0.1, -0.05) is 19.3 Å². The minimum absolute atomic E-state index is 0.000421. The molecule has 1 atom stereocenters. The lowest BCUT2D eigenvalue weighted by atomic mass is 9.74. The Labute approximate surface area is 95.4 Å². The van der Waals surface area contributed by atoms with Crippen LogP contribution in [0.15, 0.2) is 0 Å². The zero-order chi connectivity index (χ0) is 13.5.